The first-order valence-corrected chi connectivity index (χ1v) is 10.1. The van der Waals surface area contributed by atoms with E-state index >= 15 is 0 Å². The quantitative estimate of drug-likeness (QED) is 0.187. The van der Waals surface area contributed by atoms with Gasteiger partial charge in [-0.1, -0.05) is 99.6 Å². The van der Waals surface area contributed by atoms with E-state index in [2.05, 4.69) is 22.6 Å². The van der Waals surface area contributed by atoms with Crippen LogP contribution in [-0.4, -0.2) is 15.5 Å². The predicted molar refractivity (Wildman–Crippen MR) is 95.8 cm³/mol. The average Bonchev–Trinajstić information content (AvgIpc) is 2.43. The Labute approximate surface area is 139 Å². The Hall–Kier alpha value is 0.200. The number of aliphatic carboxylic acids is 1. The van der Waals surface area contributed by atoms with Gasteiger partial charge in [0, 0.05) is 6.42 Å². The summed E-state index contributed by atoms with van der Waals surface area (Å²) in [6.45, 7) is 0. The van der Waals surface area contributed by atoms with Gasteiger partial charge in [0.15, 0.2) is 0 Å². The summed E-state index contributed by atoms with van der Waals surface area (Å²) in [6.07, 6.45) is 18.8. The van der Waals surface area contributed by atoms with Gasteiger partial charge in [-0.25, -0.2) is 0 Å². The van der Waals surface area contributed by atoms with Gasteiger partial charge in [0.05, 0.1) is 0 Å². The van der Waals surface area contributed by atoms with Gasteiger partial charge in [-0.05, 0) is 17.3 Å². The van der Waals surface area contributed by atoms with Crippen molar-refractivity contribution >= 4 is 28.6 Å². The first-order chi connectivity index (χ1) is 9.77. The van der Waals surface area contributed by atoms with E-state index in [4.69, 9.17) is 5.11 Å². The van der Waals surface area contributed by atoms with Crippen LogP contribution in [0.25, 0.3) is 0 Å². The van der Waals surface area contributed by atoms with Crippen LogP contribution in [0.4, 0.5) is 0 Å². The summed E-state index contributed by atoms with van der Waals surface area (Å²) in [5, 5.41) is 8.52. The molecule has 0 rings (SSSR count). The zero-order valence-electron chi connectivity index (χ0n) is 13.0. The number of hydrogen-bond donors (Lipinski definition) is 1. The van der Waals surface area contributed by atoms with Gasteiger partial charge in [0.25, 0.3) is 0 Å². The fourth-order valence-corrected chi connectivity index (χ4v) is 3.03. The van der Waals surface area contributed by atoms with Crippen LogP contribution >= 0.6 is 22.6 Å². The molecule has 2 nitrogen and oxygen atoms in total. The lowest BCUT2D eigenvalue weighted by Crippen LogP contribution is -1.93. The van der Waals surface area contributed by atoms with Crippen molar-refractivity contribution in [2.24, 2.45) is 0 Å². The minimum absolute atomic E-state index is 0.345. The summed E-state index contributed by atoms with van der Waals surface area (Å²) >= 11 is 2.46. The molecule has 1 N–H and O–H groups in total. The highest BCUT2D eigenvalue weighted by Crippen LogP contribution is 2.13. The van der Waals surface area contributed by atoms with E-state index in [-0.39, 0.29) is 0 Å². The van der Waals surface area contributed by atoms with Crippen LogP contribution in [0.2, 0.25) is 0 Å². The topological polar surface area (TPSA) is 37.3 Å². The fourth-order valence-electron chi connectivity index (χ4n) is 2.49. The second-order valence-electron chi connectivity index (χ2n) is 5.78. The molecule has 0 saturated carbocycles. The summed E-state index contributed by atoms with van der Waals surface area (Å²) in [4.78, 5) is 10.3. The minimum atomic E-state index is -0.653. The SMILES string of the molecule is O=C(O)CCCCCCCCCCCCCCCCI. The molecule has 0 aliphatic heterocycles. The maximum atomic E-state index is 10.3. The molecule has 0 spiro atoms. The minimum Gasteiger partial charge on any atom is -0.481 e. The van der Waals surface area contributed by atoms with Gasteiger partial charge >= 0.3 is 5.97 Å². The Bertz CT molecular complexity index is 207. The van der Waals surface area contributed by atoms with Crippen molar-refractivity contribution in [2.75, 3.05) is 4.43 Å². The second-order valence-corrected chi connectivity index (χ2v) is 6.86. The first kappa shape index (κ1) is 20.2. The summed E-state index contributed by atoms with van der Waals surface area (Å²) in [7, 11) is 0. The molecule has 3 heteroatoms. The number of hydrogen-bond acceptors (Lipinski definition) is 1. The summed E-state index contributed by atoms with van der Waals surface area (Å²) in [6, 6.07) is 0. The van der Waals surface area contributed by atoms with Crippen LogP contribution in [0, 0.1) is 0 Å². The van der Waals surface area contributed by atoms with E-state index in [1.807, 2.05) is 0 Å². The van der Waals surface area contributed by atoms with Crippen molar-refractivity contribution in [1.29, 1.82) is 0 Å². The molecule has 0 aliphatic rings. The Morgan fingerprint density at radius 2 is 0.900 bits per heavy atom. The second kappa shape index (κ2) is 17.3. The number of carboxylic acid groups (broad SMARTS) is 1. The lowest BCUT2D eigenvalue weighted by Gasteiger charge is -2.03. The third-order valence-corrected chi connectivity index (χ3v) is 4.54. The molecule has 0 saturated heterocycles. The summed E-state index contributed by atoms with van der Waals surface area (Å²) in [5.41, 5.74) is 0. The predicted octanol–water partition coefficient (Wildman–Crippen LogP) is 6.36. The number of halogens is 1. The Morgan fingerprint density at radius 3 is 1.20 bits per heavy atom. The fraction of sp³-hybridized carbons (Fsp3) is 0.941. The Morgan fingerprint density at radius 1 is 0.600 bits per heavy atom. The molecule has 0 bridgehead atoms. The van der Waals surface area contributed by atoms with Crippen LogP contribution in [0.3, 0.4) is 0 Å². The largest absolute Gasteiger partial charge is 0.481 e. The molecule has 0 amide bonds. The van der Waals surface area contributed by atoms with E-state index in [9.17, 15) is 4.79 Å². The zero-order valence-corrected chi connectivity index (χ0v) is 15.2. The Kier molecular flexibility index (Phi) is 17.4. The van der Waals surface area contributed by atoms with Crippen LogP contribution in [-0.2, 0) is 4.79 Å². The molecular formula is C17H33IO2. The molecule has 0 heterocycles. The molecule has 0 radical (unpaired) electrons. The van der Waals surface area contributed by atoms with Gasteiger partial charge in [0.2, 0.25) is 0 Å². The molecule has 0 aromatic carbocycles. The van der Waals surface area contributed by atoms with Gasteiger partial charge in [-0.3, -0.25) is 4.79 Å². The Balaban J connectivity index is 2.94. The smallest absolute Gasteiger partial charge is 0.303 e. The monoisotopic (exact) mass is 396 g/mol. The number of carbonyl (C=O) groups is 1. The molecule has 0 unspecified atom stereocenters. The van der Waals surface area contributed by atoms with Gasteiger partial charge < -0.3 is 5.11 Å². The summed E-state index contributed by atoms with van der Waals surface area (Å²) < 4.78 is 1.31. The molecule has 0 atom stereocenters. The van der Waals surface area contributed by atoms with Crippen molar-refractivity contribution < 1.29 is 9.90 Å². The maximum absolute atomic E-state index is 10.3. The van der Waals surface area contributed by atoms with Crippen LogP contribution in [0.15, 0.2) is 0 Å². The molecule has 0 fully saturated rings. The highest BCUT2D eigenvalue weighted by atomic mass is 127. The lowest BCUT2D eigenvalue weighted by atomic mass is 10.0. The van der Waals surface area contributed by atoms with Crippen LogP contribution in [0.5, 0.6) is 0 Å². The van der Waals surface area contributed by atoms with Gasteiger partial charge in [-0.2, -0.15) is 0 Å². The zero-order chi connectivity index (χ0) is 14.9. The van der Waals surface area contributed by atoms with Crippen molar-refractivity contribution in [3.05, 3.63) is 0 Å². The average molecular weight is 396 g/mol. The van der Waals surface area contributed by atoms with Crippen molar-refractivity contribution in [3.8, 4) is 0 Å². The highest BCUT2D eigenvalue weighted by Gasteiger charge is 1.97. The van der Waals surface area contributed by atoms with E-state index < -0.39 is 5.97 Å². The molecule has 0 aromatic rings. The van der Waals surface area contributed by atoms with Crippen molar-refractivity contribution in [3.63, 3.8) is 0 Å². The highest BCUT2D eigenvalue weighted by molar-refractivity contribution is 14.1. The van der Waals surface area contributed by atoms with E-state index in [1.165, 1.54) is 81.5 Å². The van der Waals surface area contributed by atoms with Gasteiger partial charge in [-0.15, -0.1) is 0 Å². The van der Waals surface area contributed by atoms with Crippen molar-refractivity contribution in [2.45, 2.75) is 96.3 Å². The lowest BCUT2D eigenvalue weighted by molar-refractivity contribution is -0.137. The number of unbranched alkanes of at least 4 members (excludes halogenated alkanes) is 13. The van der Waals surface area contributed by atoms with E-state index in [0.717, 1.165) is 12.8 Å². The standard InChI is InChI=1S/C17H33IO2/c18-16-14-12-10-8-6-4-2-1-3-5-7-9-11-13-15-17(19)20/h1-16H2,(H,19,20). The summed E-state index contributed by atoms with van der Waals surface area (Å²) in [5.74, 6) is -0.653. The molecule has 20 heavy (non-hydrogen) atoms. The van der Waals surface area contributed by atoms with E-state index in [1.54, 1.807) is 0 Å². The third-order valence-electron chi connectivity index (χ3n) is 3.77. The number of alkyl halides is 1. The van der Waals surface area contributed by atoms with Gasteiger partial charge in [0.1, 0.15) is 0 Å². The number of carboxylic acids is 1. The molecule has 0 aliphatic carbocycles. The first-order valence-electron chi connectivity index (χ1n) is 8.55. The van der Waals surface area contributed by atoms with Crippen molar-refractivity contribution in [1.82, 2.24) is 0 Å². The molecular weight excluding hydrogens is 363 g/mol. The maximum Gasteiger partial charge on any atom is 0.303 e. The van der Waals surface area contributed by atoms with Crippen LogP contribution < -0.4 is 0 Å². The van der Waals surface area contributed by atoms with E-state index in [0.29, 0.717) is 6.42 Å². The molecule has 0 aromatic heterocycles. The van der Waals surface area contributed by atoms with Crippen LogP contribution in [0.1, 0.15) is 96.3 Å². The molecule has 120 valence electrons. The normalized spacial score (nSPS) is 10.8. The third kappa shape index (κ3) is 18.2. The number of rotatable bonds is 16.